The van der Waals surface area contributed by atoms with Crippen LogP contribution in [-0.4, -0.2) is 29.4 Å². The van der Waals surface area contributed by atoms with Gasteiger partial charge in [-0.25, -0.2) is 4.39 Å². The molecule has 0 unspecified atom stereocenters. The van der Waals surface area contributed by atoms with Gasteiger partial charge >= 0.3 is 0 Å². The average Bonchev–Trinajstić information content (AvgIpc) is 2.28. The van der Waals surface area contributed by atoms with Crippen molar-refractivity contribution in [3.63, 3.8) is 0 Å². The summed E-state index contributed by atoms with van der Waals surface area (Å²) in [7, 11) is 1.73. The third-order valence-corrected chi connectivity index (χ3v) is 2.85. The lowest BCUT2D eigenvalue weighted by Crippen LogP contribution is -2.44. The number of benzene rings is 1. The van der Waals surface area contributed by atoms with E-state index >= 15 is 0 Å². The molecule has 0 aliphatic rings. The highest BCUT2D eigenvalue weighted by atomic mass is 19.1. The zero-order chi connectivity index (χ0) is 12.3. The maximum Gasteiger partial charge on any atom is 0.146 e. The van der Waals surface area contributed by atoms with Gasteiger partial charge in [-0.1, -0.05) is 6.07 Å². The molecule has 0 aliphatic carbocycles. The van der Waals surface area contributed by atoms with E-state index in [-0.39, 0.29) is 13.2 Å². The quantitative estimate of drug-likeness (QED) is 0.819. The highest BCUT2D eigenvalue weighted by Crippen LogP contribution is 2.25. The molecule has 1 rings (SSSR count). The summed E-state index contributed by atoms with van der Waals surface area (Å²) in [5.74, 6) is -0.393. The van der Waals surface area contributed by atoms with Crippen molar-refractivity contribution in [1.82, 2.24) is 0 Å². The molecule has 3 nitrogen and oxygen atoms in total. The lowest BCUT2D eigenvalue weighted by molar-refractivity contribution is 0.215. The van der Waals surface area contributed by atoms with Gasteiger partial charge in [0.25, 0.3) is 0 Å². The van der Waals surface area contributed by atoms with Crippen molar-refractivity contribution in [2.75, 3.05) is 18.6 Å². The second kappa shape index (κ2) is 4.80. The molecule has 4 heteroatoms. The fraction of sp³-hybridized carbons (Fsp3) is 0.500. The van der Waals surface area contributed by atoms with Crippen LogP contribution in [0.4, 0.5) is 10.1 Å². The van der Waals surface area contributed by atoms with Gasteiger partial charge in [-0.05, 0) is 31.5 Å². The van der Waals surface area contributed by atoms with Crippen LogP contribution in [0, 0.1) is 5.82 Å². The van der Waals surface area contributed by atoms with Crippen LogP contribution in [-0.2, 0) is 6.61 Å². The highest BCUT2D eigenvalue weighted by molar-refractivity contribution is 5.50. The zero-order valence-corrected chi connectivity index (χ0v) is 9.87. The Bertz CT molecular complexity index is 366. The zero-order valence-electron chi connectivity index (χ0n) is 9.87. The van der Waals surface area contributed by atoms with E-state index in [0.29, 0.717) is 11.3 Å². The van der Waals surface area contributed by atoms with E-state index in [1.54, 1.807) is 24.1 Å². The largest absolute Gasteiger partial charge is 0.394 e. The molecule has 0 saturated heterocycles. The lowest BCUT2D eigenvalue weighted by Gasteiger charge is -2.36. The predicted molar refractivity (Wildman–Crippen MR) is 61.9 cm³/mol. The maximum atomic E-state index is 13.7. The SMILES string of the molecule is CN(c1ccc(CO)cc1F)C(C)(C)CO. The van der Waals surface area contributed by atoms with Crippen LogP contribution in [0.5, 0.6) is 0 Å². The van der Waals surface area contributed by atoms with E-state index in [2.05, 4.69) is 0 Å². The first-order valence-electron chi connectivity index (χ1n) is 5.16. The number of aliphatic hydroxyl groups is 2. The van der Waals surface area contributed by atoms with Crippen molar-refractivity contribution >= 4 is 5.69 Å². The Balaban J connectivity index is 3.05. The molecule has 0 saturated carbocycles. The molecule has 90 valence electrons. The molecule has 0 aliphatic heterocycles. The molecule has 16 heavy (non-hydrogen) atoms. The Morgan fingerprint density at radius 2 is 1.94 bits per heavy atom. The summed E-state index contributed by atoms with van der Waals surface area (Å²) in [6, 6.07) is 4.58. The smallest absolute Gasteiger partial charge is 0.146 e. The van der Waals surface area contributed by atoms with E-state index in [4.69, 9.17) is 5.11 Å². The van der Waals surface area contributed by atoms with Gasteiger partial charge in [0.05, 0.1) is 24.4 Å². The van der Waals surface area contributed by atoms with Gasteiger partial charge in [0.15, 0.2) is 0 Å². The topological polar surface area (TPSA) is 43.7 Å². The van der Waals surface area contributed by atoms with Crippen molar-refractivity contribution in [3.05, 3.63) is 29.6 Å². The number of anilines is 1. The number of halogens is 1. The monoisotopic (exact) mass is 227 g/mol. The molecule has 0 fully saturated rings. The molecule has 1 aromatic rings. The second-order valence-electron chi connectivity index (χ2n) is 4.47. The van der Waals surface area contributed by atoms with E-state index in [9.17, 15) is 9.50 Å². The minimum absolute atomic E-state index is 0.0648. The second-order valence-corrected chi connectivity index (χ2v) is 4.47. The van der Waals surface area contributed by atoms with Gasteiger partial charge in [0, 0.05) is 7.05 Å². The molecule has 0 spiro atoms. The Kier molecular flexibility index (Phi) is 3.88. The van der Waals surface area contributed by atoms with Gasteiger partial charge in [-0.3, -0.25) is 0 Å². The lowest BCUT2D eigenvalue weighted by atomic mass is 10.0. The number of likely N-dealkylation sites (N-methyl/N-ethyl adjacent to an activating group) is 1. The Morgan fingerprint density at radius 1 is 1.31 bits per heavy atom. The van der Waals surface area contributed by atoms with Crippen LogP contribution in [0.15, 0.2) is 18.2 Å². The van der Waals surface area contributed by atoms with Gasteiger partial charge in [0.1, 0.15) is 5.82 Å². The van der Waals surface area contributed by atoms with Crippen molar-refractivity contribution in [3.8, 4) is 0 Å². The van der Waals surface area contributed by atoms with Crippen LogP contribution in [0.3, 0.4) is 0 Å². The van der Waals surface area contributed by atoms with Gasteiger partial charge in [0.2, 0.25) is 0 Å². The van der Waals surface area contributed by atoms with Crippen LogP contribution in [0.25, 0.3) is 0 Å². The van der Waals surface area contributed by atoms with E-state index in [1.807, 2.05) is 13.8 Å². The minimum atomic E-state index is -0.526. The summed E-state index contributed by atoms with van der Waals surface area (Å²) in [6.07, 6.45) is 0. The van der Waals surface area contributed by atoms with Crippen LogP contribution < -0.4 is 4.90 Å². The number of nitrogens with zero attached hydrogens (tertiary/aromatic N) is 1. The number of aliphatic hydroxyl groups excluding tert-OH is 2. The van der Waals surface area contributed by atoms with Crippen LogP contribution >= 0.6 is 0 Å². The van der Waals surface area contributed by atoms with Gasteiger partial charge in [-0.15, -0.1) is 0 Å². The summed E-state index contributed by atoms with van der Waals surface area (Å²) < 4.78 is 13.7. The van der Waals surface area contributed by atoms with Crippen molar-refractivity contribution < 1.29 is 14.6 Å². The molecule has 2 N–H and O–H groups in total. The fourth-order valence-electron chi connectivity index (χ4n) is 1.35. The predicted octanol–water partition coefficient (Wildman–Crippen LogP) is 1.53. The summed E-state index contributed by atoms with van der Waals surface area (Å²) in [5, 5.41) is 18.1. The summed E-state index contributed by atoms with van der Waals surface area (Å²) in [6.45, 7) is 3.41. The molecule has 0 radical (unpaired) electrons. The first-order chi connectivity index (χ1) is 7.42. The third-order valence-electron chi connectivity index (χ3n) is 2.85. The Morgan fingerprint density at radius 3 is 2.38 bits per heavy atom. The molecule has 0 amide bonds. The van der Waals surface area contributed by atoms with Gasteiger partial charge < -0.3 is 15.1 Å². The van der Waals surface area contributed by atoms with Crippen molar-refractivity contribution in [2.45, 2.75) is 26.0 Å². The number of hydrogen-bond donors (Lipinski definition) is 2. The van der Waals surface area contributed by atoms with Crippen LogP contribution in [0.2, 0.25) is 0 Å². The average molecular weight is 227 g/mol. The number of rotatable bonds is 4. The number of hydrogen-bond acceptors (Lipinski definition) is 3. The van der Waals surface area contributed by atoms with E-state index in [0.717, 1.165) is 0 Å². The maximum absolute atomic E-state index is 13.7. The standard InChI is InChI=1S/C12H18FNO2/c1-12(2,8-16)14(3)11-5-4-9(7-15)6-10(11)13/h4-6,15-16H,7-8H2,1-3H3. The Labute approximate surface area is 95.1 Å². The summed E-state index contributed by atoms with van der Waals surface area (Å²) >= 11 is 0. The van der Waals surface area contributed by atoms with Crippen molar-refractivity contribution in [1.29, 1.82) is 0 Å². The summed E-state index contributed by atoms with van der Waals surface area (Å²) in [5.41, 5.74) is 0.425. The van der Waals surface area contributed by atoms with Crippen LogP contribution in [0.1, 0.15) is 19.4 Å². The first kappa shape index (κ1) is 12.9. The molecule has 0 aromatic heterocycles. The van der Waals surface area contributed by atoms with E-state index < -0.39 is 11.4 Å². The third kappa shape index (κ3) is 2.51. The highest BCUT2D eigenvalue weighted by Gasteiger charge is 2.24. The fourth-order valence-corrected chi connectivity index (χ4v) is 1.35. The van der Waals surface area contributed by atoms with E-state index in [1.165, 1.54) is 6.07 Å². The molecule has 1 aromatic carbocycles. The Hall–Kier alpha value is -1.13. The molecule has 0 atom stereocenters. The molecule has 0 bridgehead atoms. The first-order valence-corrected chi connectivity index (χ1v) is 5.16. The normalized spacial score (nSPS) is 11.6. The van der Waals surface area contributed by atoms with Crippen molar-refractivity contribution in [2.24, 2.45) is 0 Å². The summed E-state index contributed by atoms with van der Waals surface area (Å²) in [4.78, 5) is 1.68. The molecular formula is C12H18FNO2. The minimum Gasteiger partial charge on any atom is -0.394 e. The molecule has 0 heterocycles. The van der Waals surface area contributed by atoms with Gasteiger partial charge in [-0.2, -0.15) is 0 Å². The molecular weight excluding hydrogens is 209 g/mol.